The van der Waals surface area contributed by atoms with E-state index in [0.29, 0.717) is 18.5 Å². The van der Waals surface area contributed by atoms with Gasteiger partial charge in [-0.1, -0.05) is 6.07 Å². The van der Waals surface area contributed by atoms with E-state index in [1.807, 2.05) is 38.1 Å². The highest BCUT2D eigenvalue weighted by molar-refractivity contribution is 14.1. The van der Waals surface area contributed by atoms with Crippen molar-refractivity contribution in [3.63, 3.8) is 0 Å². The van der Waals surface area contributed by atoms with E-state index in [1.54, 1.807) is 4.90 Å². The van der Waals surface area contributed by atoms with E-state index in [2.05, 4.69) is 28.7 Å². The molecule has 0 aromatic heterocycles. The maximum Gasteiger partial charge on any atom is 0.254 e. The first-order valence-electron chi connectivity index (χ1n) is 5.49. The minimum Gasteiger partial charge on any atom is -0.335 e. The van der Waals surface area contributed by atoms with Crippen molar-refractivity contribution in [3.8, 4) is 6.07 Å². The number of hydrogen-bond donors (Lipinski definition) is 0. The van der Waals surface area contributed by atoms with Gasteiger partial charge < -0.3 is 4.90 Å². The molecule has 90 valence electrons. The van der Waals surface area contributed by atoms with Crippen LogP contribution < -0.4 is 0 Å². The third-order valence-electron chi connectivity index (χ3n) is 2.42. The van der Waals surface area contributed by atoms with Crippen LogP contribution in [0.15, 0.2) is 24.3 Å². The molecule has 0 atom stereocenters. The number of halogens is 1. The summed E-state index contributed by atoms with van der Waals surface area (Å²) in [6.45, 7) is 4.41. The molecule has 0 aliphatic heterocycles. The van der Waals surface area contributed by atoms with Crippen LogP contribution in [0.4, 0.5) is 0 Å². The Morgan fingerprint density at radius 2 is 2.24 bits per heavy atom. The van der Waals surface area contributed by atoms with Gasteiger partial charge in [-0.3, -0.25) is 4.79 Å². The molecule has 0 spiro atoms. The molecule has 4 heteroatoms. The molecule has 0 heterocycles. The van der Waals surface area contributed by atoms with Crippen molar-refractivity contribution in [2.75, 3.05) is 6.54 Å². The maximum absolute atomic E-state index is 12.3. The normalized spacial score (nSPS) is 10.1. The summed E-state index contributed by atoms with van der Waals surface area (Å²) in [5, 5.41) is 8.60. The van der Waals surface area contributed by atoms with Crippen LogP contribution in [0.2, 0.25) is 0 Å². The van der Waals surface area contributed by atoms with Crippen molar-refractivity contribution in [2.24, 2.45) is 0 Å². The number of benzene rings is 1. The zero-order valence-electron chi connectivity index (χ0n) is 9.98. The molecule has 17 heavy (non-hydrogen) atoms. The number of nitriles is 1. The van der Waals surface area contributed by atoms with Gasteiger partial charge in [0.15, 0.2) is 0 Å². The number of carbonyl (C=O) groups is 1. The Bertz CT molecular complexity index is 437. The number of amides is 1. The fraction of sp³-hybridized carbons (Fsp3) is 0.385. The summed E-state index contributed by atoms with van der Waals surface area (Å²) < 4.78 is 1.04. The fourth-order valence-corrected chi connectivity index (χ4v) is 2.10. The highest BCUT2D eigenvalue weighted by Gasteiger charge is 2.18. The van der Waals surface area contributed by atoms with E-state index in [-0.39, 0.29) is 11.9 Å². The van der Waals surface area contributed by atoms with Crippen LogP contribution in [-0.4, -0.2) is 23.4 Å². The van der Waals surface area contributed by atoms with E-state index < -0.39 is 0 Å². The van der Waals surface area contributed by atoms with Gasteiger partial charge in [-0.25, -0.2) is 0 Å². The Kier molecular flexibility index (Phi) is 5.42. The first kappa shape index (κ1) is 14.0. The van der Waals surface area contributed by atoms with Gasteiger partial charge in [0, 0.05) is 21.7 Å². The third kappa shape index (κ3) is 4.00. The lowest BCUT2D eigenvalue weighted by Crippen LogP contribution is -2.37. The van der Waals surface area contributed by atoms with Gasteiger partial charge in [-0.05, 0) is 54.6 Å². The number of hydrogen-bond acceptors (Lipinski definition) is 2. The Hall–Kier alpha value is -1.09. The van der Waals surface area contributed by atoms with Crippen molar-refractivity contribution in [2.45, 2.75) is 26.3 Å². The molecule has 0 fully saturated rings. The first-order chi connectivity index (χ1) is 8.06. The van der Waals surface area contributed by atoms with Crippen LogP contribution in [-0.2, 0) is 0 Å². The van der Waals surface area contributed by atoms with E-state index >= 15 is 0 Å². The monoisotopic (exact) mass is 342 g/mol. The number of rotatable bonds is 4. The molecule has 0 radical (unpaired) electrons. The molecule has 0 bridgehead atoms. The summed E-state index contributed by atoms with van der Waals surface area (Å²) in [7, 11) is 0. The molecule has 3 nitrogen and oxygen atoms in total. The summed E-state index contributed by atoms with van der Waals surface area (Å²) in [4.78, 5) is 14.0. The van der Waals surface area contributed by atoms with Crippen LogP contribution in [0, 0.1) is 14.9 Å². The van der Waals surface area contributed by atoms with Crippen LogP contribution >= 0.6 is 22.6 Å². The van der Waals surface area contributed by atoms with Crippen molar-refractivity contribution >= 4 is 28.5 Å². The second-order valence-electron chi connectivity index (χ2n) is 4.01. The third-order valence-corrected chi connectivity index (χ3v) is 3.09. The second-order valence-corrected chi connectivity index (χ2v) is 5.26. The van der Waals surface area contributed by atoms with E-state index in [9.17, 15) is 4.79 Å². The summed E-state index contributed by atoms with van der Waals surface area (Å²) in [6.07, 6.45) is 0.369. The smallest absolute Gasteiger partial charge is 0.254 e. The van der Waals surface area contributed by atoms with Crippen LogP contribution in [0.25, 0.3) is 0 Å². The average Bonchev–Trinajstić information content (AvgIpc) is 2.29. The summed E-state index contributed by atoms with van der Waals surface area (Å²) >= 11 is 2.19. The molecule has 0 unspecified atom stereocenters. The molecule has 0 N–H and O–H groups in total. The lowest BCUT2D eigenvalue weighted by Gasteiger charge is -2.26. The summed E-state index contributed by atoms with van der Waals surface area (Å²) in [5.74, 6) is -0.00577. The predicted octanol–water partition coefficient (Wildman–Crippen LogP) is 3.06. The van der Waals surface area contributed by atoms with E-state index in [1.165, 1.54) is 0 Å². The number of carbonyl (C=O) groups excluding carboxylic acids is 1. The largest absolute Gasteiger partial charge is 0.335 e. The molecule has 1 amide bonds. The van der Waals surface area contributed by atoms with Crippen LogP contribution in [0.5, 0.6) is 0 Å². The lowest BCUT2D eigenvalue weighted by atomic mass is 10.1. The highest BCUT2D eigenvalue weighted by Crippen LogP contribution is 2.12. The fourth-order valence-electron chi connectivity index (χ4n) is 1.55. The van der Waals surface area contributed by atoms with E-state index in [4.69, 9.17) is 5.26 Å². The van der Waals surface area contributed by atoms with Crippen LogP contribution in [0.1, 0.15) is 30.6 Å². The molecule has 0 saturated heterocycles. The maximum atomic E-state index is 12.3. The Balaban J connectivity index is 2.88. The molecule has 1 aromatic rings. The molecule has 0 saturated carbocycles. The lowest BCUT2D eigenvalue weighted by molar-refractivity contribution is 0.0710. The minimum atomic E-state index is -0.00577. The number of nitrogens with zero attached hydrogens (tertiary/aromatic N) is 2. The Morgan fingerprint density at radius 3 is 2.76 bits per heavy atom. The van der Waals surface area contributed by atoms with Gasteiger partial charge in [-0.2, -0.15) is 5.26 Å². The predicted molar refractivity (Wildman–Crippen MR) is 75.6 cm³/mol. The van der Waals surface area contributed by atoms with Gasteiger partial charge in [0.2, 0.25) is 0 Å². The standard InChI is InChI=1S/C13H15IN2O/c1-10(2)16(8-4-7-15)13(17)11-5-3-6-12(14)9-11/h3,5-6,9-10H,4,8H2,1-2H3. The molecule has 0 aliphatic rings. The van der Waals surface area contributed by atoms with Gasteiger partial charge in [0.05, 0.1) is 12.5 Å². The van der Waals surface area contributed by atoms with Crippen molar-refractivity contribution in [3.05, 3.63) is 33.4 Å². The topological polar surface area (TPSA) is 44.1 Å². The van der Waals surface area contributed by atoms with Gasteiger partial charge >= 0.3 is 0 Å². The van der Waals surface area contributed by atoms with Crippen LogP contribution in [0.3, 0.4) is 0 Å². The zero-order chi connectivity index (χ0) is 12.8. The molecular formula is C13H15IN2O. The van der Waals surface area contributed by atoms with Gasteiger partial charge in [-0.15, -0.1) is 0 Å². The average molecular weight is 342 g/mol. The highest BCUT2D eigenvalue weighted by atomic mass is 127. The molecule has 1 aromatic carbocycles. The van der Waals surface area contributed by atoms with Crippen molar-refractivity contribution < 1.29 is 4.79 Å². The SMILES string of the molecule is CC(C)N(CCC#N)C(=O)c1cccc(I)c1. The Morgan fingerprint density at radius 1 is 1.53 bits per heavy atom. The minimum absolute atomic E-state index is 0.00577. The Labute approximate surface area is 116 Å². The first-order valence-corrected chi connectivity index (χ1v) is 6.57. The summed E-state index contributed by atoms with van der Waals surface area (Å²) in [6, 6.07) is 9.68. The van der Waals surface area contributed by atoms with Gasteiger partial charge in [0.25, 0.3) is 5.91 Å². The van der Waals surface area contributed by atoms with Crippen molar-refractivity contribution in [1.29, 1.82) is 5.26 Å². The second kappa shape index (κ2) is 6.60. The van der Waals surface area contributed by atoms with Crippen molar-refractivity contribution in [1.82, 2.24) is 4.90 Å². The quantitative estimate of drug-likeness (QED) is 0.790. The molecule has 0 aliphatic carbocycles. The molecule has 1 rings (SSSR count). The summed E-state index contributed by atoms with van der Waals surface area (Å²) in [5.41, 5.74) is 0.684. The molecular weight excluding hydrogens is 327 g/mol. The van der Waals surface area contributed by atoms with Gasteiger partial charge in [0.1, 0.15) is 0 Å². The zero-order valence-corrected chi connectivity index (χ0v) is 12.1. The van der Waals surface area contributed by atoms with E-state index in [0.717, 1.165) is 3.57 Å².